The minimum Gasteiger partial charge on any atom is -0.394 e. The molecule has 746 valence electrons. The topological polar surface area (TPSA) is 621 Å². The molecule has 40 nitrogen and oxygen atoms in total. The smallest absolute Gasteiger partial charge is 0.220 e. The highest BCUT2D eigenvalue weighted by molar-refractivity contribution is 5.76. The van der Waals surface area contributed by atoms with Crippen LogP contribution in [-0.4, -0.2) is 393 Å². The summed E-state index contributed by atoms with van der Waals surface area (Å²) in [5, 5.41) is 233. The molecule has 0 aromatic carbocycles. The Morgan fingerprint density at radius 1 is 0.320 bits per heavy atom. The first kappa shape index (κ1) is 112. The summed E-state index contributed by atoms with van der Waals surface area (Å²) >= 11 is 0. The number of aliphatic hydroxyl groups is 20. The predicted octanol–water partition coefficient (Wildman–Crippen LogP) is -1.46. The maximum atomic E-state index is 13.7. The van der Waals surface area contributed by atoms with Gasteiger partial charge in [-0.3, -0.25) is 14.4 Å². The molecule has 0 saturated carbocycles. The van der Waals surface area contributed by atoms with Crippen molar-refractivity contribution in [1.29, 1.82) is 0 Å². The van der Waals surface area contributed by atoms with Gasteiger partial charge in [-0.2, -0.15) is 0 Å². The molecule has 7 fully saturated rings. The van der Waals surface area contributed by atoms with Gasteiger partial charge in [-0.25, -0.2) is 0 Å². The first-order valence-electron chi connectivity index (χ1n) is 47.0. The van der Waals surface area contributed by atoms with Gasteiger partial charge in [0.1, 0.15) is 165 Å². The van der Waals surface area contributed by atoms with Crippen LogP contribution >= 0.6 is 0 Å². The minimum absolute atomic E-state index is 0.146. The average molecular weight is 1850 g/mol. The zero-order valence-electron chi connectivity index (χ0n) is 75.1. The number of rotatable bonds is 59. The van der Waals surface area contributed by atoms with E-state index in [0.29, 0.717) is 12.8 Å². The molecule has 40 heteroatoms. The zero-order valence-corrected chi connectivity index (χ0v) is 75.1. The second kappa shape index (κ2) is 59.5. The fourth-order valence-corrected chi connectivity index (χ4v) is 17.3. The Morgan fingerprint density at radius 2 is 0.648 bits per heavy atom. The first-order valence-corrected chi connectivity index (χ1v) is 47.0. The van der Waals surface area contributed by atoms with Crippen molar-refractivity contribution in [3.8, 4) is 0 Å². The van der Waals surface area contributed by atoms with Crippen molar-refractivity contribution in [2.24, 2.45) is 0 Å². The van der Waals surface area contributed by atoms with E-state index in [2.05, 4.69) is 41.9 Å². The van der Waals surface area contributed by atoms with Crippen LogP contribution in [0.3, 0.4) is 0 Å². The molecule has 14 unspecified atom stereocenters. The van der Waals surface area contributed by atoms with E-state index in [4.69, 9.17) is 66.3 Å². The van der Waals surface area contributed by atoms with Crippen molar-refractivity contribution in [3.05, 3.63) is 24.3 Å². The molecule has 0 aliphatic carbocycles. The lowest BCUT2D eigenvalue weighted by atomic mass is 9.93. The zero-order chi connectivity index (χ0) is 93.5. The van der Waals surface area contributed by atoms with Crippen LogP contribution in [0.1, 0.15) is 240 Å². The van der Waals surface area contributed by atoms with E-state index in [1.54, 1.807) is 6.08 Å². The van der Waals surface area contributed by atoms with Crippen molar-refractivity contribution in [2.45, 2.75) is 467 Å². The third-order valence-corrected chi connectivity index (χ3v) is 25.0. The molecule has 37 atom stereocenters. The number of aliphatic hydroxyl groups excluding tert-OH is 20. The summed E-state index contributed by atoms with van der Waals surface area (Å²) in [5.41, 5.74) is 0. The fourth-order valence-electron chi connectivity index (χ4n) is 17.3. The summed E-state index contributed by atoms with van der Waals surface area (Å²) in [6.45, 7) is 0.886. The van der Waals surface area contributed by atoms with Crippen LogP contribution in [-0.2, 0) is 80.7 Å². The number of carbonyl (C=O) groups is 3. The van der Waals surface area contributed by atoms with Crippen LogP contribution in [0.5, 0.6) is 0 Å². The van der Waals surface area contributed by atoms with Crippen LogP contribution in [0.2, 0.25) is 0 Å². The van der Waals surface area contributed by atoms with Crippen LogP contribution in [0, 0.1) is 0 Å². The Balaban J connectivity index is 1.04. The van der Waals surface area contributed by atoms with E-state index in [9.17, 15) is 117 Å². The molecule has 7 saturated heterocycles. The Kier molecular flexibility index (Phi) is 51.9. The molecule has 23 N–H and O–H groups in total. The standard InChI is InChI=1S/C88H157N3O37/c1-6-8-10-12-14-16-18-20-21-22-23-24-25-26-27-29-31-33-35-37-39-41-60(101)91-52(53(100)40-38-36-34-32-30-28-19-17-15-13-11-9-7-2)48-115-84-73(112)70(109)77(58(46-96)122-84)124-87-74(113)81(66(105)55(43-93)118-87)128-83-62(90-51(5)99)79(78(59(47-97)121-83)125-85-71(110)68(107)63(102)49(3)116-85)126-88-75(114)80(65(104)56(44-94)119-88)127-82-61(89-50(4)98)67(106)76(57(45-95)120-82)123-86-72(111)69(108)64(103)54(42-92)117-86/h20-21,38,40,49,52-59,61-88,92-97,100,102-114H,6-19,22-37,39,41-48H2,1-5H3,(H,89,98)(H,90,99)(H,91,101)/b21-20-,40-38+/t49?,52-,53+,54?,55?,56?,57?,58?,59?,61?,62?,63+,64-,65-,66-,67+,68?,69-,70+,71-,72?,73?,74?,75?,76+,77+,78+,79+,80-,81-,82-,83-,84+,85+,86-,87-,88-/m0/s1. The SMILES string of the molecule is CCCCCCCC/C=C\CCCCCCCCCCCCCC(=O)N[C@@H](CO[C@@H]1OC(CO)[C@@H](O[C@@H]2OC(CO)[C@H](O)[C@H](O[C@@H]3OC(CO)[C@@H](O[C@H]4OC(C)[C@@H](O)C(O)[C@@H]4O)[C@H](O[C@@H]4OC(CO)[C@H](O)[C@H](O[C@@H]5OC(CO)[C@@H](O[C@@H]6OC(CO)[C@H](O)[C@H](O)C6O)[C@H](O)C5NC(C)=O)C4O)C3NC(C)=O)C2O)[C@H](O)C1O)[C@H](O)/C=C/CCCCCCCCCCCCC. The lowest BCUT2D eigenvalue weighted by Gasteiger charge is -2.52. The second-order valence-electron chi connectivity index (χ2n) is 35.2. The molecular formula is C88H157N3O37. The van der Waals surface area contributed by atoms with E-state index in [1.807, 2.05) is 6.08 Å². The summed E-state index contributed by atoms with van der Waals surface area (Å²) in [7, 11) is 0. The van der Waals surface area contributed by atoms with E-state index >= 15 is 0 Å². The van der Waals surface area contributed by atoms with Crippen molar-refractivity contribution in [1.82, 2.24) is 16.0 Å². The largest absolute Gasteiger partial charge is 0.394 e. The predicted molar refractivity (Wildman–Crippen MR) is 453 cm³/mol. The van der Waals surface area contributed by atoms with E-state index in [0.717, 1.165) is 78.1 Å². The molecule has 7 heterocycles. The highest BCUT2D eigenvalue weighted by Gasteiger charge is 2.60. The number of nitrogens with one attached hydrogen (secondary N) is 3. The second-order valence-corrected chi connectivity index (χ2v) is 35.2. The first-order chi connectivity index (χ1) is 61.5. The number of allylic oxidation sites excluding steroid dienone is 3. The number of hydrogen-bond acceptors (Lipinski definition) is 37. The molecular weight excluding hydrogens is 1690 g/mol. The van der Waals surface area contributed by atoms with Crippen LogP contribution in [0.25, 0.3) is 0 Å². The van der Waals surface area contributed by atoms with Crippen LogP contribution in [0.15, 0.2) is 24.3 Å². The molecule has 0 aromatic rings. The minimum atomic E-state index is -2.40. The van der Waals surface area contributed by atoms with Crippen LogP contribution < -0.4 is 16.0 Å². The number of hydrogen-bond donors (Lipinski definition) is 23. The van der Waals surface area contributed by atoms with Crippen LogP contribution in [0.4, 0.5) is 0 Å². The molecule has 7 aliphatic heterocycles. The summed E-state index contributed by atoms with van der Waals surface area (Å²) in [6, 6.07) is -4.95. The lowest BCUT2D eigenvalue weighted by molar-refractivity contribution is -0.396. The quantitative estimate of drug-likeness (QED) is 0.0244. The van der Waals surface area contributed by atoms with E-state index in [-0.39, 0.29) is 12.3 Å². The van der Waals surface area contributed by atoms with E-state index in [1.165, 1.54) is 129 Å². The third kappa shape index (κ3) is 33.8. The Labute approximate surface area is 751 Å². The van der Waals surface area contributed by atoms with Gasteiger partial charge >= 0.3 is 0 Å². The van der Waals surface area contributed by atoms with Gasteiger partial charge in [0.05, 0.1) is 64.5 Å². The summed E-state index contributed by atoms with van der Waals surface area (Å²) in [4.78, 5) is 40.2. The number of amides is 3. The molecule has 0 radical (unpaired) electrons. The molecule has 0 aromatic heterocycles. The number of ether oxygens (including phenoxy) is 14. The maximum absolute atomic E-state index is 13.7. The van der Waals surface area contributed by atoms with Crippen molar-refractivity contribution >= 4 is 17.7 Å². The van der Waals surface area contributed by atoms with Gasteiger partial charge in [-0.15, -0.1) is 0 Å². The molecule has 7 aliphatic rings. The van der Waals surface area contributed by atoms with E-state index < -0.39 is 285 Å². The summed E-state index contributed by atoms with van der Waals surface area (Å²) < 4.78 is 84.6. The highest BCUT2D eigenvalue weighted by atomic mass is 16.8. The van der Waals surface area contributed by atoms with Gasteiger partial charge in [0.2, 0.25) is 17.7 Å². The summed E-state index contributed by atoms with van der Waals surface area (Å²) in [5.74, 6) is -2.21. The molecule has 128 heavy (non-hydrogen) atoms. The number of unbranched alkanes of at least 4 members (excludes halogenated alkanes) is 28. The monoisotopic (exact) mass is 1850 g/mol. The van der Waals surface area contributed by atoms with Crippen molar-refractivity contribution in [3.63, 3.8) is 0 Å². The van der Waals surface area contributed by atoms with Gasteiger partial charge < -0.3 is 184 Å². The van der Waals surface area contributed by atoms with Gasteiger partial charge in [0.25, 0.3) is 0 Å². The van der Waals surface area contributed by atoms with Crippen molar-refractivity contribution < 1.29 is 183 Å². The molecule has 0 spiro atoms. The van der Waals surface area contributed by atoms with Gasteiger partial charge in [-0.05, 0) is 51.9 Å². The third-order valence-electron chi connectivity index (χ3n) is 25.0. The molecule has 3 amide bonds. The summed E-state index contributed by atoms with van der Waals surface area (Å²) in [6.07, 6.45) is -23.1. The number of carbonyl (C=O) groups excluding carboxylic acids is 3. The highest BCUT2D eigenvalue weighted by Crippen LogP contribution is 2.40. The fraction of sp³-hybridized carbons (Fsp3) is 0.920. The normalized spacial score (nSPS) is 37.7. The van der Waals surface area contributed by atoms with Gasteiger partial charge in [0.15, 0.2) is 44.0 Å². The van der Waals surface area contributed by atoms with Gasteiger partial charge in [0, 0.05) is 20.3 Å². The Bertz CT molecular complexity index is 3070. The Hall–Kier alpha value is -3.47. The Morgan fingerprint density at radius 3 is 1.09 bits per heavy atom. The molecule has 7 rings (SSSR count). The van der Waals surface area contributed by atoms with Gasteiger partial charge in [-0.1, -0.05) is 192 Å². The average Bonchev–Trinajstić information content (AvgIpc) is 0.759. The maximum Gasteiger partial charge on any atom is 0.220 e. The lowest BCUT2D eigenvalue weighted by Crippen LogP contribution is -2.72. The molecule has 0 bridgehead atoms. The van der Waals surface area contributed by atoms with Crippen molar-refractivity contribution in [2.75, 3.05) is 46.2 Å².